The van der Waals surface area contributed by atoms with Crippen LogP contribution < -0.4 is 10.1 Å². The van der Waals surface area contributed by atoms with Gasteiger partial charge in [-0.15, -0.1) is 0 Å². The summed E-state index contributed by atoms with van der Waals surface area (Å²) >= 11 is 0. The smallest absolute Gasteiger partial charge is 0.326 e. The van der Waals surface area contributed by atoms with Gasteiger partial charge in [-0.3, -0.25) is 19.7 Å². The Morgan fingerprint density at radius 3 is 2.52 bits per heavy atom. The SMILES string of the molecule is CC(=O)Oc1cccc(C(=O)N[C@@H](Cc2ccccc2[N+](=O)[O-])C(=O)O)c1. The van der Waals surface area contributed by atoms with E-state index in [0.717, 1.165) is 0 Å². The summed E-state index contributed by atoms with van der Waals surface area (Å²) in [6.45, 7) is 1.21. The molecule has 2 aromatic carbocycles. The summed E-state index contributed by atoms with van der Waals surface area (Å²) < 4.78 is 4.89. The molecule has 0 saturated carbocycles. The molecule has 0 saturated heterocycles. The van der Waals surface area contributed by atoms with Crippen molar-refractivity contribution >= 4 is 23.5 Å². The van der Waals surface area contributed by atoms with Crippen molar-refractivity contribution in [2.24, 2.45) is 0 Å². The highest BCUT2D eigenvalue weighted by atomic mass is 16.6. The second-order valence-electron chi connectivity index (χ2n) is 5.58. The monoisotopic (exact) mass is 372 g/mol. The van der Waals surface area contributed by atoms with E-state index in [4.69, 9.17) is 4.74 Å². The normalized spacial score (nSPS) is 11.3. The fourth-order valence-corrected chi connectivity index (χ4v) is 2.39. The summed E-state index contributed by atoms with van der Waals surface area (Å²) in [5.41, 5.74) is 0.0429. The molecule has 27 heavy (non-hydrogen) atoms. The molecule has 0 radical (unpaired) electrons. The fourth-order valence-electron chi connectivity index (χ4n) is 2.39. The number of benzene rings is 2. The van der Waals surface area contributed by atoms with Gasteiger partial charge in [0.25, 0.3) is 11.6 Å². The van der Waals surface area contributed by atoms with Crippen LogP contribution in [0.25, 0.3) is 0 Å². The minimum Gasteiger partial charge on any atom is -0.480 e. The van der Waals surface area contributed by atoms with E-state index in [1.165, 1.54) is 49.4 Å². The summed E-state index contributed by atoms with van der Waals surface area (Å²) in [4.78, 5) is 45.3. The maximum atomic E-state index is 12.4. The van der Waals surface area contributed by atoms with E-state index in [-0.39, 0.29) is 29.0 Å². The standard InChI is InChI=1S/C18H16N2O7/c1-11(21)27-14-7-4-6-13(9-14)17(22)19-15(18(23)24)10-12-5-2-3-8-16(12)20(25)26/h2-9,15H,10H2,1H3,(H,19,22)(H,23,24)/t15-/m0/s1. The fraction of sp³-hybridized carbons (Fsp3) is 0.167. The zero-order valence-corrected chi connectivity index (χ0v) is 14.2. The van der Waals surface area contributed by atoms with E-state index in [0.29, 0.717) is 0 Å². The van der Waals surface area contributed by atoms with Crippen molar-refractivity contribution < 1.29 is 29.2 Å². The van der Waals surface area contributed by atoms with Gasteiger partial charge in [0.2, 0.25) is 0 Å². The first kappa shape index (κ1) is 19.6. The molecule has 0 unspecified atom stereocenters. The Balaban J connectivity index is 2.19. The highest BCUT2D eigenvalue weighted by Gasteiger charge is 2.25. The third-order valence-electron chi connectivity index (χ3n) is 3.57. The van der Waals surface area contributed by atoms with Crippen LogP contribution in [0.5, 0.6) is 5.75 Å². The largest absolute Gasteiger partial charge is 0.480 e. The Hall–Kier alpha value is -3.75. The number of nitrogens with zero attached hydrogens (tertiary/aromatic N) is 1. The molecule has 0 aromatic heterocycles. The van der Waals surface area contributed by atoms with Gasteiger partial charge in [-0.05, 0) is 18.2 Å². The lowest BCUT2D eigenvalue weighted by Gasteiger charge is -2.15. The highest BCUT2D eigenvalue weighted by molar-refractivity contribution is 5.97. The predicted molar refractivity (Wildman–Crippen MR) is 93.4 cm³/mol. The second kappa shape index (κ2) is 8.56. The number of carboxylic acids is 1. The number of nitro groups is 1. The van der Waals surface area contributed by atoms with Gasteiger partial charge in [0.05, 0.1) is 4.92 Å². The van der Waals surface area contributed by atoms with Crippen molar-refractivity contribution in [3.05, 3.63) is 69.8 Å². The van der Waals surface area contributed by atoms with Gasteiger partial charge in [-0.1, -0.05) is 24.3 Å². The molecule has 9 heteroatoms. The minimum atomic E-state index is -1.38. The third kappa shape index (κ3) is 5.36. The highest BCUT2D eigenvalue weighted by Crippen LogP contribution is 2.20. The maximum Gasteiger partial charge on any atom is 0.326 e. The topological polar surface area (TPSA) is 136 Å². The molecule has 1 atom stereocenters. The Bertz CT molecular complexity index is 895. The van der Waals surface area contributed by atoms with E-state index in [9.17, 15) is 29.6 Å². The number of ether oxygens (including phenoxy) is 1. The molecule has 140 valence electrons. The predicted octanol–water partition coefficient (Wildman–Crippen LogP) is 1.95. The average molecular weight is 372 g/mol. The second-order valence-corrected chi connectivity index (χ2v) is 5.58. The molecule has 9 nitrogen and oxygen atoms in total. The van der Waals surface area contributed by atoms with Crippen molar-refractivity contribution in [2.75, 3.05) is 0 Å². The number of esters is 1. The van der Waals surface area contributed by atoms with Crippen molar-refractivity contribution in [1.29, 1.82) is 0 Å². The van der Waals surface area contributed by atoms with Gasteiger partial charge in [0.1, 0.15) is 11.8 Å². The van der Waals surface area contributed by atoms with Crippen LogP contribution in [0.1, 0.15) is 22.8 Å². The van der Waals surface area contributed by atoms with Crippen LogP contribution in [0.4, 0.5) is 5.69 Å². The number of carbonyl (C=O) groups is 3. The molecule has 0 aliphatic carbocycles. The lowest BCUT2D eigenvalue weighted by atomic mass is 10.0. The maximum absolute atomic E-state index is 12.4. The molecular formula is C18H16N2O7. The van der Waals surface area contributed by atoms with Crippen LogP contribution in [0.3, 0.4) is 0 Å². The number of hydrogen-bond donors (Lipinski definition) is 2. The number of nitrogens with one attached hydrogen (secondary N) is 1. The molecule has 0 fully saturated rings. The first-order valence-corrected chi connectivity index (χ1v) is 7.82. The van der Waals surface area contributed by atoms with E-state index < -0.39 is 28.8 Å². The number of hydrogen-bond acceptors (Lipinski definition) is 6. The Morgan fingerprint density at radius 1 is 1.19 bits per heavy atom. The van der Waals surface area contributed by atoms with Crippen LogP contribution in [-0.4, -0.2) is 33.9 Å². The summed E-state index contributed by atoms with van der Waals surface area (Å²) in [6, 6.07) is 10.00. The molecule has 0 spiro atoms. The molecule has 0 aliphatic heterocycles. The molecule has 0 aliphatic rings. The van der Waals surface area contributed by atoms with Crippen molar-refractivity contribution in [2.45, 2.75) is 19.4 Å². The molecule has 2 N–H and O–H groups in total. The van der Waals surface area contributed by atoms with Crippen LogP contribution in [0.2, 0.25) is 0 Å². The Morgan fingerprint density at radius 2 is 1.89 bits per heavy atom. The summed E-state index contributed by atoms with van der Waals surface area (Å²) in [5.74, 6) is -2.47. The molecule has 0 bridgehead atoms. The van der Waals surface area contributed by atoms with Gasteiger partial charge in [0, 0.05) is 30.5 Å². The van der Waals surface area contributed by atoms with Gasteiger partial charge in [-0.25, -0.2) is 4.79 Å². The Labute approximate surface area is 153 Å². The van der Waals surface area contributed by atoms with Crippen molar-refractivity contribution in [1.82, 2.24) is 5.32 Å². The summed E-state index contributed by atoms with van der Waals surface area (Å²) in [5, 5.41) is 22.8. The third-order valence-corrected chi connectivity index (χ3v) is 3.57. The van der Waals surface area contributed by atoms with Gasteiger partial charge in [-0.2, -0.15) is 0 Å². The van der Waals surface area contributed by atoms with Gasteiger partial charge < -0.3 is 15.2 Å². The van der Waals surface area contributed by atoms with Gasteiger partial charge >= 0.3 is 11.9 Å². The van der Waals surface area contributed by atoms with Crippen molar-refractivity contribution in [3.8, 4) is 5.75 Å². The number of aliphatic carboxylic acids is 1. The van der Waals surface area contributed by atoms with E-state index in [2.05, 4.69) is 5.32 Å². The first-order chi connectivity index (χ1) is 12.8. The summed E-state index contributed by atoms with van der Waals surface area (Å²) in [7, 11) is 0. The number of carboxylic acid groups (broad SMARTS) is 1. The molecule has 2 rings (SSSR count). The number of carbonyl (C=O) groups excluding carboxylic acids is 2. The number of para-hydroxylation sites is 1. The number of nitro benzene ring substituents is 1. The van der Waals surface area contributed by atoms with E-state index in [1.807, 2.05) is 0 Å². The van der Waals surface area contributed by atoms with Crippen LogP contribution in [0.15, 0.2) is 48.5 Å². The molecular weight excluding hydrogens is 356 g/mol. The van der Waals surface area contributed by atoms with E-state index >= 15 is 0 Å². The van der Waals surface area contributed by atoms with Crippen molar-refractivity contribution in [3.63, 3.8) is 0 Å². The number of amides is 1. The molecule has 1 amide bonds. The first-order valence-electron chi connectivity index (χ1n) is 7.82. The average Bonchev–Trinajstić information content (AvgIpc) is 2.61. The lowest BCUT2D eigenvalue weighted by Crippen LogP contribution is -2.42. The molecule has 0 heterocycles. The van der Waals surface area contributed by atoms with Crippen LogP contribution in [0, 0.1) is 10.1 Å². The molecule has 2 aromatic rings. The number of rotatable bonds is 7. The zero-order chi connectivity index (χ0) is 20.0. The minimum absolute atomic E-state index is 0.0857. The van der Waals surface area contributed by atoms with Crippen LogP contribution in [-0.2, 0) is 16.0 Å². The van der Waals surface area contributed by atoms with Crippen LogP contribution >= 0.6 is 0 Å². The summed E-state index contributed by atoms with van der Waals surface area (Å²) in [6.07, 6.45) is -0.262. The van der Waals surface area contributed by atoms with E-state index in [1.54, 1.807) is 6.07 Å². The van der Waals surface area contributed by atoms with Gasteiger partial charge in [0.15, 0.2) is 0 Å². The lowest BCUT2D eigenvalue weighted by molar-refractivity contribution is -0.385. The Kier molecular flexibility index (Phi) is 6.21. The quantitative estimate of drug-likeness (QED) is 0.328. The zero-order valence-electron chi connectivity index (χ0n) is 14.2.